The lowest BCUT2D eigenvalue weighted by molar-refractivity contribution is 0.0531. The Labute approximate surface area is 207 Å². The fraction of sp³-hybridized carbons (Fsp3) is 0.364. The van der Waals surface area contributed by atoms with Gasteiger partial charge in [0.2, 0.25) is 16.0 Å². The average molecular weight is 518 g/mol. The van der Waals surface area contributed by atoms with Crippen molar-refractivity contribution in [2.45, 2.75) is 38.1 Å². The monoisotopic (exact) mass is 517 g/mol. The maximum absolute atomic E-state index is 12.1. The number of carbonyl (C=O) groups excluding carboxylic acids is 1. The van der Waals surface area contributed by atoms with Crippen LogP contribution in [0.25, 0.3) is 0 Å². The van der Waals surface area contributed by atoms with Crippen molar-refractivity contribution in [1.29, 1.82) is 0 Å². The molecule has 0 spiro atoms. The number of aromatic nitrogens is 3. The largest absolute Gasteiger partial charge is 0.462 e. The van der Waals surface area contributed by atoms with E-state index in [0.29, 0.717) is 40.6 Å². The second-order valence-corrected chi connectivity index (χ2v) is 10.5. The van der Waals surface area contributed by atoms with Crippen molar-refractivity contribution in [2.24, 2.45) is 5.14 Å². The predicted octanol–water partition coefficient (Wildman–Crippen LogP) is 2.11. The number of anilines is 3. The fourth-order valence-electron chi connectivity index (χ4n) is 3.66. The van der Waals surface area contributed by atoms with E-state index >= 15 is 0 Å². The molecule has 35 heavy (non-hydrogen) atoms. The number of sulfonamides is 1. The molecular formula is C22H27N7O4S2. The molecule has 0 radical (unpaired) electrons. The number of aryl methyl sites for hydroxylation is 1. The maximum atomic E-state index is 12.1. The van der Waals surface area contributed by atoms with Crippen molar-refractivity contribution >= 4 is 44.2 Å². The van der Waals surface area contributed by atoms with Gasteiger partial charge in [-0.15, -0.1) is 0 Å². The fourth-order valence-corrected chi connectivity index (χ4v) is 5.03. The van der Waals surface area contributed by atoms with Gasteiger partial charge in [0, 0.05) is 25.1 Å². The molecule has 0 bridgehead atoms. The number of carbonyl (C=O) groups is 1. The molecule has 3 aromatic rings. The van der Waals surface area contributed by atoms with E-state index in [-0.39, 0.29) is 4.90 Å². The summed E-state index contributed by atoms with van der Waals surface area (Å²) in [6, 6.07) is 6.39. The van der Waals surface area contributed by atoms with Gasteiger partial charge in [0.05, 0.1) is 22.9 Å². The van der Waals surface area contributed by atoms with Crippen LogP contribution in [-0.4, -0.2) is 49.0 Å². The Morgan fingerprint density at radius 2 is 1.91 bits per heavy atom. The first-order valence-electron chi connectivity index (χ1n) is 11.1. The minimum atomic E-state index is -3.74. The van der Waals surface area contributed by atoms with Crippen molar-refractivity contribution in [3.63, 3.8) is 0 Å². The van der Waals surface area contributed by atoms with Crippen molar-refractivity contribution in [3.8, 4) is 0 Å². The van der Waals surface area contributed by atoms with Crippen LogP contribution in [0, 0.1) is 6.92 Å². The number of ether oxygens (including phenoxy) is 1. The van der Waals surface area contributed by atoms with Crippen LogP contribution >= 0.6 is 11.3 Å². The molecular weight excluding hydrogens is 490 g/mol. The highest BCUT2D eigenvalue weighted by Gasteiger charge is 2.20. The summed E-state index contributed by atoms with van der Waals surface area (Å²) in [6.07, 6.45) is 1.51. The standard InChI is InChI=1S/C22H27N7O4S2/c1-3-33-20(30)18-13(2)26-22(34-18)29-21-27-17-9-11-24-10-8-16(17)19(28-21)25-12-14-4-6-15(7-5-14)35(23,31)32/h4-7,24H,3,8-12H2,1-2H3,(H2,23,31,32)(H2,25,26,27,28,29). The first kappa shape index (κ1) is 25.0. The molecule has 3 heterocycles. The van der Waals surface area contributed by atoms with Crippen molar-refractivity contribution in [3.05, 3.63) is 51.7 Å². The lowest BCUT2D eigenvalue weighted by Crippen LogP contribution is -2.16. The Morgan fingerprint density at radius 3 is 2.63 bits per heavy atom. The summed E-state index contributed by atoms with van der Waals surface area (Å²) in [5.41, 5.74) is 3.42. The van der Waals surface area contributed by atoms with Crippen LogP contribution in [0.1, 0.15) is 39.1 Å². The van der Waals surface area contributed by atoms with Gasteiger partial charge in [0.1, 0.15) is 10.7 Å². The number of rotatable bonds is 8. The molecule has 5 N–H and O–H groups in total. The smallest absolute Gasteiger partial charge is 0.350 e. The van der Waals surface area contributed by atoms with Gasteiger partial charge in [-0.05, 0) is 44.5 Å². The molecule has 0 fully saturated rings. The molecule has 0 saturated heterocycles. The molecule has 0 aliphatic carbocycles. The molecule has 1 aliphatic heterocycles. The van der Waals surface area contributed by atoms with E-state index in [0.717, 1.165) is 42.8 Å². The summed E-state index contributed by atoms with van der Waals surface area (Å²) in [5.74, 6) is 0.665. The summed E-state index contributed by atoms with van der Waals surface area (Å²) in [6.45, 7) is 5.86. The topological polar surface area (TPSA) is 161 Å². The van der Waals surface area contributed by atoms with Gasteiger partial charge in [-0.2, -0.15) is 4.98 Å². The first-order chi connectivity index (χ1) is 16.7. The van der Waals surface area contributed by atoms with Crippen LogP contribution in [0.3, 0.4) is 0 Å². The summed E-state index contributed by atoms with van der Waals surface area (Å²) < 4.78 is 28.1. The minimum Gasteiger partial charge on any atom is -0.462 e. The van der Waals surface area contributed by atoms with Crippen molar-refractivity contribution in [1.82, 2.24) is 20.3 Å². The van der Waals surface area contributed by atoms with Gasteiger partial charge in [0.15, 0.2) is 5.13 Å². The quantitative estimate of drug-likeness (QED) is 0.326. The van der Waals surface area contributed by atoms with E-state index in [2.05, 4.69) is 25.9 Å². The zero-order valence-electron chi connectivity index (χ0n) is 19.4. The molecule has 0 amide bonds. The maximum Gasteiger partial charge on any atom is 0.350 e. The summed E-state index contributed by atoms with van der Waals surface area (Å²) in [7, 11) is -3.74. The van der Waals surface area contributed by atoms with Gasteiger partial charge in [-0.3, -0.25) is 5.32 Å². The number of esters is 1. The van der Waals surface area contributed by atoms with Gasteiger partial charge in [-0.25, -0.2) is 28.3 Å². The molecule has 186 valence electrons. The van der Waals surface area contributed by atoms with E-state index in [9.17, 15) is 13.2 Å². The number of primary sulfonamides is 1. The van der Waals surface area contributed by atoms with E-state index in [1.165, 1.54) is 23.5 Å². The number of nitrogens with one attached hydrogen (secondary N) is 3. The molecule has 4 rings (SSSR count). The van der Waals surface area contributed by atoms with Crippen molar-refractivity contribution in [2.75, 3.05) is 30.3 Å². The third-order valence-corrected chi connectivity index (χ3v) is 7.35. The highest BCUT2D eigenvalue weighted by molar-refractivity contribution is 7.89. The molecule has 1 aliphatic rings. The molecule has 13 heteroatoms. The second-order valence-electron chi connectivity index (χ2n) is 7.89. The number of nitrogens with two attached hydrogens (primary N) is 1. The number of thiazole rings is 1. The lowest BCUT2D eigenvalue weighted by Gasteiger charge is -2.15. The minimum absolute atomic E-state index is 0.0654. The number of benzene rings is 1. The SMILES string of the molecule is CCOC(=O)c1sc(Nc2nc3c(c(NCc4ccc(S(N)(=O)=O)cc4)n2)CCNCC3)nc1C. The first-order valence-corrected chi connectivity index (χ1v) is 13.5. The highest BCUT2D eigenvalue weighted by Crippen LogP contribution is 2.28. The lowest BCUT2D eigenvalue weighted by atomic mass is 10.1. The normalized spacial score (nSPS) is 13.6. The van der Waals surface area contributed by atoms with Gasteiger partial charge in [-0.1, -0.05) is 23.5 Å². The van der Waals surface area contributed by atoms with E-state index in [4.69, 9.17) is 14.9 Å². The summed E-state index contributed by atoms with van der Waals surface area (Å²) in [4.78, 5) is 26.5. The molecule has 11 nitrogen and oxygen atoms in total. The van der Waals surface area contributed by atoms with Gasteiger partial charge < -0.3 is 15.4 Å². The third kappa shape index (κ3) is 6.11. The van der Waals surface area contributed by atoms with Crippen LogP contribution in [0.5, 0.6) is 0 Å². The van der Waals surface area contributed by atoms with E-state index in [1.54, 1.807) is 26.0 Å². The van der Waals surface area contributed by atoms with Crippen LogP contribution in [0.2, 0.25) is 0 Å². The number of hydrogen-bond donors (Lipinski definition) is 4. The zero-order valence-corrected chi connectivity index (χ0v) is 21.1. The van der Waals surface area contributed by atoms with E-state index < -0.39 is 16.0 Å². The molecule has 0 unspecified atom stereocenters. The highest BCUT2D eigenvalue weighted by atomic mass is 32.2. The third-order valence-electron chi connectivity index (χ3n) is 5.37. The predicted molar refractivity (Wildman–Crippen MR) is 134 cm³/mol. The Bertz CT molecular complexity index is 1320. The molecule has 0 atom stereocenters. The summed E-state index contributed by atoms with van der Waals surface area (Å²) >= 11 is 1.19. The van der Waals surface area contributed by atoms with Crippen LogP contribution in [-0.2, 0) is 34.1 Å². The van der Waals surface area contributed by atoms with Crippen LogP contribution in [0.15, 0.2) is 29.2 Å². The van der Waals surface area contributed by atoms with Crippen molar-refractivity contribution < 1.29 is 17.9 Å². The molecule has 0 saturated carbocycles. The van der Waals surface area contributed by atoms with Gasteiger partial charge in [0.25, 0.3) is 0 Å². The summed E-state index contributed by atoms with van der Waals surface area (Å²) in [5, 5.41) is 15.6. The Hall–Kier alpha value is -3.13. The Kier molecular flexibility index (Phi) is 7.60. The average Bonchev–Trinajstić information content (AvgIpc) is 3.01. The second kappa shape index (κ2) is 10.6. The number of fused-ring (bicyclic) bond motifs is 1. The number of hydrogen-bond acceptors (Lipinski definition) is 11. The molecule has 1 aromatic carbocycles. The van der Waals surface area contributed by atoms with E-state index in [1.807, 2.05) is 0 Å². The Balaban J connectivity index is 1.58. The van der Waals surface area contributed by atoms with Crippen LogP contribution in [0.4, 0.5) is 16.9 Å². The van der Waals surface area contributed by atoms with Gasteiger partial charge >= 0.3 is 5.97 Å². The zero-order chi connectivity index (χ0) is 25.0. The van der Waals surface area contributed by atoms with Crippen LogP contribution < -0.4 is 21.1 Å². The number of nitrogens with zero attached hydrogens (tertiary/aromatic N) is 3. The Morgan fingerprint density at radius 1 is 1.17 bits per heavy atom. The molecule has 2 aromatic heterocycles.